The second-order valence-electron chi connectivity index (χ2n) is 7.40. The van der Waals surface area contributed by atoms with Gasteiger partial charge in [-0.1, -0.05) is 75.7 Å². The maximum atomic E-state index is 12.6. The molecule has 5 rings (SSSR count). The number of amides is 1. The number of aromatic nitrogens is 2. The lowest BCUT2D eigenvalue weighted by Gasteiger charge is -2.08. The van der Waals surface area contributed by atoms with Crippen LogP contribution in [0.15, 0.2) is 88.8 Å². The van der Waals surface area contributed by atoms with Crippen molar-refractivity contribution in [1.29, 1.82) is 0 Å². The van der Waals surface area contributed by atoms with Gasteiger partial charge in [-0.3, -0.25) is 9.48 Å². The number of oxime groups is 1. The summed E-state index contributed by atoms with van der Waals surface area (Å²) in [7, 11) is 0. The molecule has 1 unspecified atom stereocenters. The largest absolute Gasteiger partial charge is 0.382 e. The molecule has 1 amide bonds. The minimum atomic E-state index is -0.657. The standard InChI is InChI=1S/C24H19BrN4O2/c25-19-9-4-7-17(11-19)22-12-23(31-28-22)24(30)27-20-13-26-29(15-20)14-18-8-3-6-16-5-1-2-10-21(16)18/h1-11,13,15,23H,12,14H2,(H,27,30). The maximum Gasteiger partial charge on any atom is 0.268 e. The molecule has 1 atom stereocenters. The van der Waals surface area contributed by atoms with Crippen LogP contribution in [0.2, 0.25) is 0 Å². The Bertz CT molecular complexity index is 1290. The zero-order valence-corrected chi connectivity index (χ0v) is 18.1. The molecule has 0 saturated carbocycles. The number of nitrogens with one attached hydrogen (secondary N) is 1. The Kier molecular flexibility index (Phi) is 5.26. The van der Waals surface area contributed by atoms with Gasteiger partial charge < -0.3 is 10.2 Å². The van der Waals surface area contributed by atoms with E-state index < -0.39 is 6.10 Å². The van der Waals surface area contributed by atoms with Crippen LogP contribution in [-0.4, -0.2) is 27.5 Å². The molecule has 1 aliphatic rings. The quantitative estimate of drug-likeness (QED) is 0.443. The van der Waals surface area contributed by atoms with E-state index in [0.717, 1.165) is 15.7 Å². The summed E-state index contributed by atoms with van der Waals surface area (Å²) >= 11 is 3.45. The molecule has 1 aliphatic heterocycles. The number of halogens is 1. The van der Waals surface area contributed by atoms with Crippen molar-refractivity contribution in [3.05, 3.63) is 94.7 Å². The van der Waals surface area contributed by atoms with Gasteiger partial charge >= 0.3 is 0 Å². The van der Waals surface area contributed by atoms with Gasteiger partial charge in [-0.05, 0) is 28.5 Å². The molecular formula is C24H19BrN4O2. The average molecular weight is 475 g/mol. The second kappa shape index (κ2) is 8.35. The third kappa shape index (κ3) is 4.22. The molecule has 0 saturated heterocycles. The number of hydrogen-bond donors (Lipinski definition) is 1. The molecule has 7 heteroatoms. The van der Waals surface area contributed by atoms with Crippen molar-refractivity contribution in [2.45, 2.75) is 19.1 Å². The molecule has 0 bridgehead atoms. The van der Waals surface area contributed by atoms with E-state index in [9.17, 15) is 4.79 Å². The van der Waals surface area contributed by atoms with Crippen LogP contribution in [0.25, 0.3) is 10.8 Å². The highest BCUT2D eigenvalue weighted by Gasteiger charge is 2.29. The first-order valence-corrected chi connectivity index (χ1v) is 10.7. The Morgan fingerprint density at radius 3 is 2.87 bits per heavy atom. The van der Waals surface area contributed by atoms with Crippen LogP contribution in [0.1, 0.15) is 17.5 Å². The highest BCUT2D eigenvalue weighted by molar-refractivity contribution is 9.10. The van der Waals surface area contributed by atoms with Crippen molar-refractivity contribution in [3.8, 4) is 0 Å². The van der Waals surface area contributed by atoms with Gasteiger partial charge in [-0.2, -0.15) is 5.10 Å². The van der Waals surface area contributed by atoms with E-state index in [1.165, 1.54) is 16.3 Å². The number of nitrogens with zero attached hydrogens (tertiary/aromatic N) is 3. The molecule has 0 fully saturated rings. The molecule has 2 heterocycles. The minimum Gasteiger partial charge on any atom is -0.382 e. The SMILES string of the molecule is O=C(Nc1cnn(Cc2cccc3ccccc23)c1)C1CC(c2cccc(Br)c2)=NO1. The van der Waals surface area contributed by atoms with Gasteiger partial charge in [0, 0.05) is 22.7 Å². The number of benzene rings is 3. The van der Waals surface area contributed by atoms with Crippen LogP contribution in [0.5, 0.6) is 0 Å². The molecule has 0 aliphatic carbocycles. The lowest BCUT2D eigenvalue weighted by molar-refractivity contribution is -0.125. The van der Waals surface area contributed by atoms with Crippen LogP contribution in [0, 0.1) is 0 Å². The van der Waals surface area contributed by atoms with Crippen molar-refractivity contribution in [3.63, 3.8) is 0 Å². The molecule has 1 N–H and O–H groups in total. The number of anilines is 1. The number of rotatable bonds is 5. The molecule has 1 aromatic heterocycles. The predicted molar refractivity (Wildman–Crippen MR) is 124 cm³/mol. The van der Waals surface area contributed by atoms with Crippen molar-refractivity contribution in [2.24, 2.45) is 5.16 Å². The highest BCUT2D eigenvalue weighted by atomic mass is 79.9. The first kappa shape index (κ1) is 19.5. The fourth-order valence-electron chi connectivity index (χ4n) is 3.70. The summed E-state index contributed by atoms with van der Waals surface area (Å²) in [6, 6.07) is 22.3. The average Bonchev–Trinajstić information content (AvgIpc) is 3.44. The Morgan fingerprint density at radius 1 is 1.13 bits per heavy atom. The zero-order chi connectivity index (χ0) is 21.2. The molecule has 0 radical (unpaired) electrons. The van der Waals surface area contributed by atoms with E-state index >= 15 is 0 Å². The van der Waals surface area contributed by atoms with Crippen LogP contribution in [-0.2, 0) is 16.2 Å². The van der Waals surface area contributed by atoms with Gasteiger partial charge in [-0.15, -0.1) is 0 Å². The van der Waals surface area contributed by atoms with Gasteiger partial charge in [0.25, 0.3) is 5.91 Å². The van der Waals surface area contributed by atoms with Crippen molar-refractivity contribution >= 4 is 44.0 Å². The monoisotopic (exact) mass is 474 g/mol. The molecule has 6 nitrogen and oxygen atoms in total. The maximum absolute atomic E-state index is 12.6. The summed E-state index contributed by atoms with van der Waals surface area (Å²) < 4.78 is 2.77. The van der Waals surface area contributed by atoms with Crippen molar-refractivity contribution in [2.75, 3.05) is 5.32 Å². The molecule has 154 valence electrons. The van der Waals surface area contributed by atoms with Crippen molar-refractivity contribution in [1.82, 2.24) is 9.78 Å². The fraction of sp³-hybridized carbons (Fsp3) is 0.125. The summed E-state index contributed by atoms with van der Waals surface area (Å²) in [5.74, 6) is -0.238. The van der Waals surface area contributed by atoms with Gasteiger partial charge in [0.2, 0.25) is 6.10 Å². The zero-order valence-electron chi connectivity index (χ0n) is 16.5. The van der Waals surface area contributed by atoms with E-state index in [0.29, 0.717) is 18.7 Å². The molecule has 4 aromatic rings. The van der Waals surface area contributed by atoms with E-state index in [-0.39, 0.29) is 5.91 Å². The Labute approximate surface area is 187 Å². The number of fused-ring (bicyclic) bond motifs is 1. The lowest BCUT2D eigenvalue weighted by atomic mass is 10.0. The molecular weight excluding hydrogens is 456 g/mol. The van der Waals surface area contributed by atoms with Gasteiger partial charge in [0.1, 0.15) is 0 Å². The second-order valence-corrected chi connectivity index (χ2v) is 8.32. The highest BCUT2D eigenvalue weighted by Crippen LogP contribution is 2.22. The van der Waals surface area contributed by atoms with Crippen molar-refractivity contribution < 1.29 is 9.63 Å². The minimum absolute atomic E-state index is 0.238. The third-order valence-electron chi connectivity index (χ3n) is 5.23. The summed E-state index contributed by atoms with van der Waals surface area (Å²) in [4.78, 5) is 18.0. The van der Waals surface area contributed by atoms with Gasteiger partial charge in [-0.25, -0.2) is 0 Å². The Morgan fingerprint density at radius 2 is 1.97 bits per heavy atom. The molecule has 3 aromatic carbocycles. The summed E-state index contributed by atoms with van der Waals surface area (Å²) in [6.07, 6.45) is 3.24. The van der Waals surface area contributed by atoms with Crippen LogP contribution in [0.4, 0.5) is 5.69 Å². The first-order valence-electron chi connectivity index (χ1n) is 9.94. The lowest BCUT2D eigenvalue weighted by Crippen LogP contribution is -2.27. The van der Waals surface area contributed by atoms with E-state index in [1.54, 1.807) is 6.20 Å². The van der Waals surface area contributed by atoms with E-state index in [1.807, 2.05) is 53.3 Å². The van der Waals surface area contributed by atoms with Gasteiger partial charge in [0.15, 0.2) is 0 Å². The fourth-order valence-corrected chi connectivity index (χ4v) is 4.10. The summed E-state index contributed by atoms with van der Waals surface area (Å²) in [5, 5.41) is 13.8. The van der Waals surface area contributed by atoms with Gasteiger partial charge in [0.05, 0.1) is 24.1 Å². The Hall–Kier alpha value is -3.45. The van der Waals surface area contributed by atoms with Crippen LogP contribution < -0.4 is 5.32 Å². The number of hydrogen-bond acceptors (Lipinski definition) is 4. The summed E-state index contributed by atoms with van der Waals surface area (Å²) in [6.45, 7) is 0.618. The topological polar surface area (TPSA) is 68.5 Å². The first-order chi connectivity index (χ1) is 15.2. The third-order valence-corrected chi connectivity index (χ3v) is 5.73. The summed E-state index contributed by atoms with van der Waals surface area (Å²) in [5.41, 5.74) is 3.50. The predicted octanol–water partition coefficient (Wildman–Crippen LogP) is 4.98. The number of carbonyl (C=O) groups is 1. The Balaban J connectivity index is 1.23. The molecule has 0 spiro atoms. The smallest absolute Gasteiger partial charge is 0.268 e. The normalized spacial score (nSPS) is 15.5. The van der Waals surface area contributed by atoms with E-state index in [2.05, 4.69) is 55.8 Å². The van der Waals surface area contributed by atoms with Crippen LogP contribution in [0.3, 0.4) is 0 Å². The van der Waals surface area contributed by atoms with Crippen LogP contribution >= 0.6 is 15.9 Å². The molecule has 31 heavy (non-hydrogen) atoms. The number of carbonyl (C=O) groups excluding carboxylic acids is 1. The van der Waals surface area contributed by atoms with E-state index in [4.69, 9.17) is 4.84 Å².